The second-order valence-corrected chi connectivity index (χ2v) is 5.67. The zero-order chi connectivity index (χ0) is 18.4. The van der Waals surface area contributed by atoms with E-state index in [0.29, 0.717) is 27.2 Å². The van der Waals surface area contributed by atoms with Gasteiger partial charge in [0.15, 0.2) is 6.61 Å². The maximum absolute atomic E-state index is 12.0. The van der Waals surface area contributed by atoms with E-state index in [1.807, 2.05) is 0 Å². The molecule has 25 heavy (non-hydrogen) atoms. The third kappa shape index (κ3) is 5.01. The van der Waals surface area contributed by atoms with Crippen molar-refractivity contribution in [3.63, 3.8) is 0 Å². The number of benzene rings is 2. The summed E-state index contributed by atoms with van der Waals surface area (Å²) < 4.78 is 15.2. The SMILES string of the molecule is COc1cc(OC)c(NC(=O)COC(=O)c2cccc(Cl)c2)cc1Cl. The molecule has 0 unspecified atom stereocenters. The highest BCUT2D eigenvalue weighted by Crippen LogP contribution is 2.35. The highest BCUT2D eigenvalue weighted by atomic mass is 35.5. The minimum Gasteiger partial charge on any atom is -0.495 e. The Balaban J connectivity index is 2.01. The molecule has 0 atom stereocenters. The summed E-state index contributed by atoms with van der Waals surface area (Å²) in [4.78, 5) is 23.9. The summed E-state index contributed by atoms with van der Waals surface area (Å²) in [6.45, 7) is -0.474. The van der Waals surface area contributed by atoms with Crippen LogP contribution in [-0.2, 0) is 9.53 Å². The second kappa shape index (κ2) is 8.60. The normalized spacial score (nSPS) is 10.1. The maximum atomic E-state index is 12.0. The number of methoxy groups -OCH3 is 2. The number of esters is 1. The molecule has 0 aliphatic heterocycles. The summed E-state index contributed by atoms with van der Waals surface area (Å²) >= 11 is 11.8. The molecule has 0 aromatic heterocycles. The molecule has 2 aromatic carbocycles. The predicted molar refractivity (Wildman–Crippen MR) is 94.9 cm³/mol. The number of nitrogens with one attached hydrogen (secondary N) is 1. The fourth-order valence-electron chi connectivity index (χ4n) is 1.97. The minimum absolute atomic E-state index is 0.255. The van der Waals surface area contributed by atoms with E-state index in [1.165, 1.54) is 32.4 Å². The van der Waals surface area contributed by atoms with E-state index >= 15 is 0 Å². The van der Waals surface area contributed by atoms with Gasteiger partial charge < -0.3 is 19.5 Å². The third-order valence-corrected chi connectivity index (χ3v) is 3.67. The zero-order valence-electron chi connectivity index (χ0n) is 13.5. The number of anilines is 1. The van der Waals surface area contributed by atoms with E-state index in [9.17, 15) is 9.59 Å². The summed E-state index contributed by atoms with van der Waals surface area (Å²) in [5.74, 6) is -0.438. The number of amides is 1. The van der Waals surface area contributed by atoms with E-state index in [4.69, 9.17) is 37.4 Å². The van der Waals surface area contributed by atoms with E-state index in [2.05, 4.69) is 5.32 Å². The molecule has 2 rings (SSSR count). The van der Waals surface area contributed by atoms with Gasteiger partial charge in [0.05, 0.1) is 30.5 Å². The van der Waals surface area contributed by atoms with Crippen molar-refractivity contribution in [2.45, 2.75) is 0 Å². The van der Waals surface area contributed by atoms with E-state index in [0.717, 1.165) is 0 Å². The molecule has 0 heterocycles. The third-order valence-electron chi connectivity index (χ3n) is 3.14. The number of halogens is 2. The second-order valence-electron chi connectivity index (χ2n) is 4.82. The molecule has 2 aromatic rings. The van der Waals surface area contributed by atoms with Gasteiger partial charge in [0.25, 0.3) is 5.91 Å². The van der Waals surface area contributed by atoms with E-state index in [-0.39, 0.29) is 5.56 Å². The van der Waals surface area contributed by atoms with Crippen molar-refractivity contribution in [1.29, 1.82) is 0 Å². The molecule has 1 amide bonds. The molecule has 0 aliphatic carbocycles. The Bertz CT molecular complexity index is 795. The molecular weight excluding hydrogens is 369 g/mol. The van der Waals surface area contributed by atoms with Crippen molar-refractivity contribution in [2.75, 3.05) is 26.1 Å². The molecule has 132 valence electrons. The Morgan fingerprint density at radius 3 is 2.40 bits per heavy atom. The van der Waals surface area contributed by atoms with Crippen molar-refractivity contribution in [2.24, 2.45) is 0 Å². The monoisotopic (exact) mass is 383 g/mol. The van der Waals surface area contributed by atoms with Gasteiger partial charge in [-0.25, -0.2) is 4.79 Å². The summed E-state index contributed by atoms with van der Waals surface area (Å²) in [5.41, 5.74) is 0.586. The molecule has 0 radical (unpaired) electrons. The number of carbonyl (C=O) groups is 2. The summed E-state index contributed by atoms with van der Waals surface area (Å²) in [6.07, 6.45) is 0. The fourth-order valence-corrected chi connectivity index (χ4v) is 2.41. The Labute approximate surface area is 154 Å². The lowest BCUT2D eigenvalue weighted by Crippen LogP contribution is -2.21. The summed E-state index contributed by atoms with van der Waals surface area (Å²) in [5, 5.41) is 3.26. The van der Waals surface area contributed by atoms with Crippen LogP contribution >= 0.6 is 23.2 Å². The van der Waals surface area contributed by atoms with Crippen LogP contribution in [0.25, 0.3) is 0 Å². The van der Waals surface area contributed by atoms with Crippen LogP contribution in [0, 0.1) is 0 Å². The lowest BCUT2D eigenvalue weighted by Gasteiger charge is -2.13. The number of carbonyl (C=O) groups excluding carboxylic acids is 2. The number of ether oxygens (including phenoxy) is 3. The highest BCUT2D eigenvalue weighted by Gasteiger charge is 2.15. The molecule has 0 saturated carbocycles. The maximum Gasteiger partial charge on any atom is 0.338 e. The Kier molecular flexibility index (Phi) is 6.50. The molecule has 0 spiro atoms. The van der Waals surface area contributed by atoms with Crippen LogP contribution in [0.4, 0.5) is 5.69 Å². The van der Waals surface area contributed by atoms with Crippen molar-refractivity contribution >= 4 is 40.8 Å². The molecular formula is C17H15Cl2NO5. The average Bonchev–Trinajstić information content (AvgIpc) is 2.60. The van der Waals surface area contributed by atoms with Gasteiger partial charge in [0, 0.05) is 11.1 Å². The van der Waals surface area contributed by atoms with Gasteiger partial charge in [0.1, 0.15) is 11.5 Å². The molecule has 0 saturated heterocycles. The predicted octanol–water partition coefficient (Wildman–Crippen LogP) is 3.81. The van der Waals surface area contributed by atoms with Crippen LogP contribution in [0.5, 0.6) is 11.5 Å². The number of rotatable bonds is 6. The van der Waals surface area contributed by atoms with Gasteiger partial charge in [0.2, 0.25) is 0 Å². The smallest absolute Gasteiger partial charge is 0.338 e. The quantitative estimate of drug-likeness (QED) is 0.767. The first-order chi connectivity index (χ1) is 11.9. The molecule has 8 heteroatoms. The van der Waals surface area contributed by atoms with Gasteiger partial charge in [-0.3, -0.25) is 4.79 Å². The average molecular weight is 384 g/mol. The van der Waals surface area contributed by atoms with Gasteiger partial charge >= 0.3 is 5.97 Å². The van der Waals surface area contributed by atoms with Crippen LogP contribution in [0.2, 0.25) is 10.0 Å². The van der Waals surface area contributed by atoms with Crippen LogP contribution in [0.3, 0.4) is 0 Å². The Morgan fingerprint density at radius 2 is 1.76 bits per heavy atom. The van der Waals surface area contributed by atoms with Gasteiger partial charge in [-0.05, 0) is 24.3 Å². The lowest BCUT2D eigenvalue weighted by atomic mass is 10.2. The van der Waals surface area contributed by atoms with Crippen LogP contribution < -0.4 is 14.8 Å². The standard InChI is InChI=1S/C17H15Cl2NO5/c1-23-14-8-15(24-2)13(7-12(14)19)20-16(21)9-25-17(22)10-4-3-5-11(18)6-10/h3-8H,9H2,1-2H3,(H,20,21). The first-order valence-corrected chi connectivity index (χ1v) is 7.84. The van der Waals surface area contributed by atoms with E-state index < -0.39 is 18.5 Å². The van der Waals surface area contributed by atoms with Gasteiger partial charge in [-0.2, -0.15) is 0 Å². The van der Waals surface area contributed by atoms with Crippen molar-refractivity contribution in [3.05, 3.63) is 52.0 Å². The lowest BCUT2D eigenvalue weighted by molar-refractivity contribution is -0.119. The Morgan fingerprint density at radius 1 is 1.04 bits per heavy atom. The number of hydrogen-bond donors (Lipinski definition) is 1. The molecule has 0 aliphatic rings. The highest BCUT2D eigenvalue weighted by molar-refractivity contribution is 6.32. The minimum atomic E-state index is -0.655. The first kappa shape index (κ1) is 18.9. The largest absolute Gasteiger partial charge is 0.495 e. The van der Waals surface area contributed by atoms with Crippen molar-refractivity contribution in [3.8, 4) is 11.5 Å². The molecule has 0 fully saturated rings. The van der Waals surface area contributed by atoms with Crippen LogP contribution in [0.1, 0.15) is 10.4 Å². The summed E-state index contributed by atoms with van der Waals surface area (Å²) in [6, 6.07) is 9.26. The topological polar surface area (TPSA) is 73.9 Å². The van der Waals surface area contributed by atoms with E-state index in [1.54, 1.807) is 18.2 Å². The molecule has 6 nitrogen and oxygen atoms in total. The zero-order valence-corrected chi connectivity index (χ0v) is 15.0. The van der Waals surface area contributed by atoms with Crippen LogP contribution in [-0.4, -0.2) is 32.7 Å². The number of hydrogen-bond acceptors (Lipinski definition) is 5. The molecule has 0 bridgehead atoms. The van der Waals surface area contributed by atoms with Gasteiger partial charge in [-0.15, -0.1) is 0 Å². The van der Waals surface area contributed by atoms with Crippen molar-refractivity contribution < 1.29 is 23.8 Å². The van der Waals surface area contributed by atoms with Crippen LogP contribution in [0.15, 0.2) is 36.4 Å². The summed E-state index contributed by atoms with van der Waals surface area (Å²) in [7, 11) is 2.91. The molecule has 1 N–H and O–H groups in total. The van der Waals surface area contributed by atoms with Crippen molar-refractivity contribution in [1.82, 2.24) is 0 Å². The Hall–Kier alpha value is -2.44. The fraction of sp³-hybridized carbons (Fsp3) is 0.176. The van der Waals surface area contributed by atoms with Gasteiger partial charge in [-0.1, -0.05) is 29.3 Å². The first-order valence-electron chi connectivity index (χ1n) is 7.08.